The molecule has 4 heterocycles. The molecule has 4 aromatic heterocycles. The highest BCUT2D eigenvalue weighted by atomic mass is 32.1. The second-order valence-corrected chi connectivity index (χ2v) is 8.51. The lowest BCUT2D eigenvalue weighted by molar-refractivity contribution is -0.114. The van der Waals surface area contributed by atoms with Crippen LogP contribution in [-0.4, -0.2) is 71.3 Å². The van der Waals surface area contributed by atoms with Crippen molar-refractivity contribution in [1.82, 2.24) is 25.0 Å². The van der Waals surface area contributed by atoms with E-state index < -0.39 is 11.5 Å². The molecule has 0 spiro atoms. The topological polar surface area (TPSA) is 182 Å². The molecule has 0 saturated carbocycles. The van der Waals surface area contributed by atoms with Crippen LogP contribution in [0.15, 0.2) is 39.9 Å². The van der Waals surface area contributed by atoms with Crippen molar-refractivity contribution in [2.75, 3.05) is 45.2 Å². The second-order valence-electron chi connectivity index (χ2n) is 7.55. The van der Waals surface area contributed by atoms with Crippen molar-refractivity contribution in [2.24, 2.45) is 0 Å². The maximum absolute atomic E-state index is 13.1. The summed E-state index contributed by atoms with van der Waals surface area (Å²) in [6.45, 7) is 1.60. The number of methoxy groups -OCH3 is 3. The second kappa shape index (κ2) is 12.1. The molecular weight excluding hydrogens is 534 g/mol. The number of nitrogens with one attached hydrogen (secondary N) is 2. The van der Waals surface area contributed by atoms with Crippen LogP contribution in [0.5, 0.6) is 17.2 Å². The van der Waals surface area contributed by atoms with Crippen molar-refractivity contribution in [3.05, 3.63) is 46.9 Å². The Labute approximate surface area is 224 Å². The number of ether oxygens (including phenoxy) is 4. The minimum absolute atomic E-state index is 0.0387. The molecule has 204 valence electrons. The van der Waals surface area contributed by atoms with Crippen LogP contribution in [0.4, 0.5) is 10.9 Å². The van der Waals surface area contributed by atoms with E-state index in [4.69, 9.17) is 23.4 Å². The molecule has 0 saturated heterocycles. The maximum Gasteiger partial charge on any atom is 0.379 e. The van der Waals surface area contributed by atoms with Gasteiger partial charge in [0.2, 0.25) is 21.9 Å². The lowest BCUT2D eigenvalue weighted by Crippen LogP contribution is -2.18. The molecule has 4 rings (SSSR count). The van der Waals surface area contributed by atoms with Gasteiger partial charge < -0.3 is 28.7 Å². The van der Waals surface area contributed by atoms with Crippen molar-refractivity contribution < 1.29 is 33.0 Å². The first-order chi connectivity index (χ1) is 18.9. The minimum atomic E-state index is -0.913. The molecule has 0 aliphatic rings. The number of carbonyl (C=O) groups excluding carboxylic acids is 2. The summed E-state index contributed by atoms with van der Waals surface area (Å²) < 4.78 is 28.1. The number of rotatable bonds is 11. The Morgan fingerprint density at radius 1 is 1.08 bits per heavy atom. The van der Waals surface area contributed by atoms with Crippen LogP contribution >= 0.6 is 11.3 Å². The Hall–Kier alpha value is -4.83. The highest BCUT2D eigenvalue weighted by Crippen LogP contribution is 2.41. The van der Waals surface area contributed by atoms with Crippen molar-refractivity contribution >= 4 is 34.1 Å². The van der Waals surface area contributed by atoms with Gasteiger partial charge in [0.1, 0.15) is 23.9 Å². The summed E-state index contributed by atoms with van der Waals surface area (Å²) in [6, 6.07) is 2.90. The third-order valence-electron chi connectivity index (χ3n) is 5.01. The van der Waals surface area contributed by atoms with Gasteiger partial charge in [-0.25, -0.2) is 4.79 Å². The summed E-state index contributed by atoms with van der Waals surface area (Å²) in [5, 5.41) is 17.6. The molecule has 2 amide bonds. The zero-order valence-electron chi connectivity index (χ0n) is 21.2. The fraction of sp³-hybridized carbons (Fsp3) is 0.261. The zero-order chi connectivity index (χ0) is 27.9. The quantitative estimate of drug-likeness (QED) is 0.256. The van der Waals surface area contributed by atoms with Crippen LogP contribution in [0.25, 0.3) is 16.3 Å². The van der Waals surface area contributed by atoms with Crippen LogP contribution in [0, 0.1) is 0 Å². The molecule has 15 nitrogen and oxygen atoms in total. The zero-order valence-corrected chi connectivity index (χ0v) is 22.0. The van der Waals surface area contributed by atoms with Crippen molar-refractivity contribution in [1.29, 1.82) is 0 Å². The summed E-state index contributed by atoms with van der Waals surface area (Å²) in [4.78, 5) is 41.6. The standard InChI is InChI=1S/C23H23N7O8S/c1-12(31)26-17-5-6-25-30(17)23-29-28-22(39-23)27-20(32)14-9-13(19(21(33)38-14)37-8-7-34-2)18-15(35-3)10-24-11-16(18)36-4/h5-6,9-11H,7-8H2,1-4H3,(H,26,31)(H,27,28,32). The number of anilines is 2. The van der Waals surface area contributed by atoms with Crippen LogP contribution in [0.3, 0.4) is 0 Å². The fourth-order valence-electron chi connectivity index (χ4n) is 3.38. The van der Waals surface area contributed by atoms with E-state index in [1.165, 1.54) is 57.6 Å². The number of hydrogen-bond acceptors (Lipinski definition) is 13. The molecule has 0 aliphatic heterocycles. The normalized spacial score (nSPS) is 10.7. The van der Waals surface area contributed by atoms with E-state index in [2.05, 4.69) is 30.9 Å². The van der Waals surface area contributed by atoms with Gasteiger partial charge in [-0.1, -0.05) is 11.3 Å². The fourth-order valence-corrected chi connectivity index (χ4v) is 4.09. The van der Waals surface area contributed by atoms with Crippen LogP contribution in [0.2, 0.25) is 0 Å². The third-order valence-corrected chi connectivity index (χ3v) is 5.83. The smallest absolute Gasteiger partial charge is 0.379 e. The van der Waals surface area contributed by atoms with E-state index in [0.29, 0.717) is 11.4 Å². The summed E-state index contributed by atoms with van der Waals surface area (Å²) in [5.74, 6) is -0.682. The largest absolute Gasteiger partial charge is 0.494 e. The minimum Gasteiger partial charge on any atom is -0.494 e. The Morgan fingerprint density at radius 2 is 1.82 bits per heavy atom. The number of amides is 2. The van der Waals surface area contributed by atoms with E-state index in [1.807, 2.05) is 0 Å². The predicted octanol–water partition coefficient (Wildman–Crippen LogP) is 1.99. The molecule has 0 unspecified atom stereocenters. The summed E-state index contributed by atoms with van der Waals surface area (Å²) >= 11 is 0.977. The number of aromatic nitrogens is 5. The van der Waals surface area contributed by atoms with Gasteiger partial charge >= 0.3 is 5.63 Å². The van der Waals surface area contributed by atoms with Gasteiger partial charge in [0.05, 0.1) is 45.0 Å². The van der Waals surface area contributed by atoms with E-state index in [1.54, 1.807) is 6.07 Å². The van der Waals surface area contributed by atoms with Crippen molar-refractivity contribution in [2.45, 2.75) is 6.92 Å². The molecule has 0 aromatic carbocycles. The first-order valence-electron chi connectivity index (χ1n) is 11.2. The van der Waals surface area contributed by atoms with Gasteiger partial charge in [0.25, 0.3) is 5.91 Å². The number of carbonyl (C=O) groups is 2. The molecule has 0 atom stereocenters. The van der Waals surface area contributed by atoms with Crippen LogP contribution in [-0.2, 0) is 9.53 Å². The highest BCUT2D eigenvalue weighted by molar-refractivity contribution is 7.17. The van der Waals surface area contributed by atoms with Crippen molar-refractivity contribution in [3.8, 4) is 33.5 Å². The maximum atomic E-state index is 13.1. The molecule has 0 radical (unpaired) electrons. The van der Waals surface area contributed by atoms with Gasteiger partial charge in [-0.2, -0.15) is 9.78 Å². The van der Waals surface area contributed by atoms with Gasteiger partial charge in [-0.3, -0.25) is 19.9 Å². The Bertz CT molecular complexity index is 1530. The Morgan fingerprint density at radius 3 is 2.49 bits per heavy atom. The predicted molar refractivity (Wildman–Crippen MR) is 138 cm³/mol. The van der Waals surface area contributed by atoms with Gasteiger partial charge in [0, 0.05) is 25.7 Å². The average molecular weight is 558 g/mol. The van der Waals surface area contributed by atoms with Gasteiger partial charge in [0.15, 0.2) is 5.76 Å². The summed E-state index contributed by atoms with van der Waals surface area (Å²) in [6.07, 6.45) is 4.33. The molecule has 39 heavy (non-hydrogen) atoms. The molecule has 0 bridgehead atoms. The monoisotopic (exact) mass is 557 g/mol. The van der Waals surface area contributed by atoms with E-state index >= 15 is 0 Å². The third kappa shape index (κ3) is 6.02. The van der Waals surface area contributed by atoms with Gasteiger partial charge in [-0.15, -0.1) is 10.2 Å². The summed E-state index contributed by atoms with van der Waals surface area (Å²) in [7, 11) is 4.34. The SMILES string of the molecule is COCCOc1c(-c2c(OC)cncc2OC)cc(C(=O)Nc2nnc(-n3nccc3NC(C)=O)s2)oc1=O. The van der Waals surface area contributed by atoms with E-state index in [-0.39, 0.29) is 58.0 Å². The molecule has 4 aromatic rings. The first-order valence-corrected chi connectivity index (χ1v) is 12.0. The van der Waals surface area contributed by atoms with Gasteiger partial charge in [-0.05, 0) is 6.07 Å². The molecular formula is C23H23N7O8S. The lowest BCUT2D eigenvalue weighted by atomic mass is 10.0. The molecule has 2 N–H and O–H groups in total. The molecule has 0 fully saturated rings. The number of nitrogens with zero attached hydrogens (tertiary/aromatic N) is 5. The average Bonchev–Trinajstić information content (AvgIpc) is 3.57. The molecule has 16 heteroatoms. The van der Waals surface area contributed by atoms with Crippen LogP contribution in [0.1, 0.15) is 17.5 Å². The number of hydrogen-bond donors (Lipinski definition) is 2. The van der Waals surface area contributed by atoms with E-state index in [9.17, 15) is 14.4 Å². The Kier molecular flexibility index (Phi) is 8.47. The lowest BCUT2D eigenvalue weighted by Gasteiger charge is -2.16. The van der Waals surface area contributed by atoms with Crippen LogP contribution < -0.4 is 30.5 Å². The van der Waals surface area contributed by atoms with E-state index in [0.717, 1.165) is 11.3 Å². The Balaban J connectivity index is 1.69. The first kappa shape index (κ1) is 27.2. The summed E-state index contributed by atoms with van der Waals surface area (Å²) in [5.41, 5.74) is -0.408. The van der Waals surface area contributed by atoms with Crippen molar-refractivity contribution in [3.63, 3.8) is 0 Å². The molecule has 0 aliphatic carbocycles. The highest BCUT2D eigenvalue weighted by Gasteiger charge is 2.25. The number of pyridine rings is 1.